The standard InChI is InChI=1S/C24H28N4O5S/c25-14-20-19-3-1-18(16-33-24(30)26-6-7-28-8-11-31-12-9-28)13-21(19)34-23(20)27-22(29)4-2-17-5-10-32-15-17/h2,4-5,10,15,18H,1,3,6-9,11-13,16H2,(H,26,30)(H,27,29)/b4-2+. The fourth-order valence-corrected chi connectivity index (χ4v) is 5.40. The van der Waals surface area contributed by atoms with Gasteiger partial charge in [-0.1, -0.05) is 0 Å². The SMILES string of the molecule is N#Cc1c(NC(=O)/C=C/c2ccoc2)sc2c1CCC(COC(=O)NCCN1CCOCC1)C2. The van der Waals surface area contributed by atoms with Crippen LogP contribution in [0.3, 0.4) is 0 Å². The lowest BCUT2D eigenvalue weighted by molar-refractivity contribution is -0.111. The van der Waals surface area contributed by atoms with Crippen molar-refractivity contribution in [3.05, 3.63) is 46.2 Å². The number of furan rings is 1. The fourth-order valence-electron chi connectivity index (χ4n) is 4.08. The van der Waals surface area contributed by atoms with E-state index in [9.17, 15) is 14.9 Å². The van der Waals surface area contributed by atoms with Gasteiger partial charge in [0, 0.05) is 42.7 Å². The van der Waals surface area contributed by atoms with Crippen molar-refractivity contribution in [2.45, 2.75) is 19.3 Å². The van der Waals surface area contributed by atoms with Crippen molar-refractivity contribution in [1.29, 1.82) is 5.26 Å². The molecule has 9 nitrogen and oxygen atoms in total. The Morgan fingerprint density at radius 3 is 2.97 bits per heavy atom. The molecule has 1 atom stereocenters. The molecular weight excluding hydrogens is 456 g/mol. The number of rotatable bonds is 8. The maximum atomic E-state index is 12.3. The van der Waals surface area contributed by atoms with E-state index >= 15 is 0 Å². The molecule has 0 radical (unpaired) electrons. The highest BCUT2D eigenvalue weighted by Crippen LogP contribution is 2.39. The monoisotopic (exact) mass is 484 g/mol. The van der Waals surface area contributed by atoms with E-state index in [1.54, 1.807) is 18.4 Å². The van der Waals surface area contributed by atoms with E-state index in [1.807, 2.05) is 0 Å². The van der Waals surface area contributed by atoms with Gasteiger partial charge in [-0.2, -0.15) is 5.26 Å². The fraction of sp³-hybridized carbons (Fsp3) is 0.458. The molecule has 2 amide bonds. The predicted molar refractivity (Wildman–Crippen MR) is 128 cm³/mol. The molecule has 1 aliphatic heterocycles. The summed E-state index contributed by atoms with van der Waals surface area (Å²) in [6, 6.07) is 3.99. The van der Waals surface area contributed by atoms with Crippen LogP contribution >= 0.6 is 11.3 Å². The average Bonchev–Trinajstić information content (AvgIpc) is 3.49. The summed E-state index contributed by atoms with van der Waals surface area (Å²) in [7, 11) is 0. The van der Waals surface area contributed by atoms with Gasteiger partial charge in [-0.3, -0.25) is 9.69 Å². The van der Waals surface area contributed by atoms with Gasteiger partial charge in [0.25, 0.3) is 0 Å². The molecule has 2 aromatic heterocycles. The number of nitrogens with zero attached hydrogens (tertiary/aromatic N) is 2. The number of alkyl carbamates (subject to hydrolysis) is 1. The topological polar surface area (TPSA) is 117 Å². The third-order valence-electron chi connectivity index (χ3n) is 5.94. The second kappa shape index (κ2) is 11.8. The van der Waals surface area contributed by atoms with Gasteiger partial charge < -0.3 is 24.5 Å². The number of amides is 2. The molecule has 1 unspecified atom stereocenters. The van der Waals surface area contributed by atoms with Gasteiger partial charge in [0.2, 0.25) is 5.91 Å². The Labute approximate surface area is 202 Å². The number of morpholine rings is 1. The molecular formula is C24H28N4O5S. The second-order valence-electron chi connectivity index (χ2n) is 8.29. The van der Waals surface area contributed by atoms with Crippen LogP contribution < -0.4 is 10.6 Å². The molecule has 3 heterocycles. The summed E-state index contributed by atoms with van der Waals surface area (Å²) in [4.78, 5) is 27.7. The summed E-state index contributed by atoms with van der Waals surface area (Å²) in [6.45, 7) is 4.89. The predicted octanol–water partition coefficient (Wildman–Crippen LogP) is 3.03. The van der Waals surface area contributed by atoms with Gasteiger partial charge in [0.05, 0.1) is 37.9 Å². The van der Waals surface area contributed by atoms with E-state index in [0.29, 0.717) is 23.7 Å². The number of hydrogen-bond donors (Lipinski definition) is 2. The summed E-state index contributed by atoms with van der Waals surface area (Å²) in [5.74, 6) is -0.114. The summed E-state index contributed by atoms with van der Waals surface area (Å²) in [6.07, 6.45) is 8.01. The first-order valence-electron chi connectivity index (χ1n) is 11.4. The molecule has 0 aromatic carbocycles. The molecule has 34 heavy (non-hydrogen) atoms. The van der Waals surface area contributed by atoms with Gasteiger partial charge in [0.15, 0.2) is 0 Å². The first kappa shape index (κ1) is 24.0. The van der Waals surface area contributed by atoms with Gasteiger partial charge in [-0.25, -0.2) is 4.79 Å². The van der Waals surface area contributed by atoms with Crippen molar-refractivity contribution in [2.75, 3.05) is 51.3 Å². The number of hydrogen-bond acceptors (Lipinski definition) is 8. The molecule has 0 saturated carbocycles. The minimum absolute atomic E-state index is 0.187. The third-order valence-corrected chi connectivity index (χ3v) is 7.11. The summed E-state index contributed by atoms with van der Waals surface area (Å²) in [5.41, 5.74) is 2.31. The molecule has 0 bridgehead atoms. The van der Waals surface area contributed by atoms with Crippen LogP contribution in [0.25, 0.3) is 6.08 Å². The number of thiophene rings is 1. The molecule has 2 N–H and O–H groups in total. The van der Waals surface area contributed by atoms with Gasteiger partial charge in [-0.15, -0.1) is 11.3 Å². The zero-order valence-corrected chi connectivity index (χ0v) is 19.7. The van der Waals surface area contributed by atoms with E-state index in [0.717, 1.165) is 68.1 Å². The second-order valence-corrected chi connectivity index (χ2v) is 9.39. The van der Waals surface area contributed by atoms with Crippen LogP contribution in [0, 0.1) is 17.2 Å². The molecule has 4 rings (SSSR count). The molecule has 180 valence electrons. The first-order chi connectivity index (χ1) is 16.6. The van der Waals surface area contributed by atoms with Crippen molar-refractivity contribution in [1.82, 2.24) is 10.2 Å². The smallest absolute Gasteiger partial charge is 0.407 e. The quantitative estimate of drug-likeness (QED) is 0.553. The Kier molecular flexibility index (Phi) is 8.36. The van der Waals surface area contributed by atoms with Crippen molar-refractivity contribution in [3.8, 4) is 6.07 Å². The molecule has 1 fully saturated rings. The van der Waals surface area contributed by atoms with E-state index in [4.69, 9.17) is 13.9 Å². The average molecular weight is 485 g/mol. The number of carbonyl (C=O) groups excluding carboxylic acids is 2. The molecule has 1 aliphatic carbocycles. The van der Waals surface area contributed by atoms with Crippen LogP contribution in [0.1, 0.15) is 28.0 Å². The normalized spacial score (nSPS) is 18.3. The van der Waals surface area contributed by atoms with Gasteiger partial charge in [0.1, 0.15) is 11.1 Å². The highest BCUT2D eigenvalue weighted by molar-refractivity contribution is 7.16. The van der Waals surface area contributed by atoms with E-state index < -0.39 is 6.09 Å². The lowest BCUT2D eigenvalue weighted by Crippen LogP contribution is -2.41. The van der Waals surface area contributed by atoms with Gasteiger partial charge in [-0.05, 0) is 42.9 Å². The van der Waals surface area contributed by atoms with Crippen molar-refractivity contribution >= 4 is 34.4 Å². The van der Waals surface area contributed by atoms with E-state index in [-0.39, 0.29) is 11.8 Å². The highest BCUT2D eigenvalue weighted by atomic mass is 32.1. The first-order valence-corrected chi connectivity index (χ1v) is 12.2. The molecule has 2 aromatic rings. The van der Waals surface area contributed by atoms with Crippen LogP contribution in [0.5, 0.6) is 0 Å². The van der Waals surface area contributed by atoms with Crippen LogP contribution in [0.4, 0.5) is 9.80 Å². The largest absolute Gasteiger partial charge is 0.472 e. The number of ether oxygens (including phenoxy) is 2. The zero-order chi connectivity index (χ0) is 23.8. The number of carbonyl (C=O) groups is 2. The minimum Gasteiger partial charge on any atom is -0.472 e. The number of nitrogens with one attached hydrogen (secondary N) is 2. The number of anilines is 1. The summed E-state index contributed by atoms with van der Waals surface area (Å²) < 4.78 is 15.7. The Bertz CT molecular complexity index is 1050. The van der Waals surface area contributed by atoms with Crippen LogP contribution in [0.15, 0.2) is 29.1 Å². The Morgan fingerprint density at radius 1 is 1.35 bits per heavy atom. The van der Waals surface area contributed by atoms with Crippen molar-refractivity contribution in [2.24, 2.45) is 5.92 Å². The molecule has 10 heteroatoms. The van der Waals surface area contributed by atoms with E-state index in [2.05, 4.69) is 21.6 Å². The lowest BCUT2D eigenvalue weighted by atomic mass is 9.88. The number of fused-ring (bicyclic) bond motifs is 1. The maximum absolute atomic E-state index is 12.3. The van der Waals surface area contributed by atoms with Gasteiger partial charge >= 0.3 is 6.09 Å². The molecule has 2 aliphatic rings. The van der Waals surface area contributed by atoms with Crippen LogP contribution in [0.2, 0.25) is 0 Å². The van der Waals surface area contributed by atoms with E-state index in [1.165, 1.54) is 23.7 Å². The van der Waals surface area contributed by atoms with Crippen LogP contribution in [-0.4, -0.2) is 62.9 Å². The summed E-state index contributed by atoms with van der Waals surface area (Å²) >= 11 is 1.43. The van der Waals surface area contributed by atoms with Crippen molar-refractivity contribution < 1.29 is 23.5 Å². The Hall–Kier alpha value is -3.13. The summed E-state index contributed by atoms with van der Waals surface area (Å²) in [5, 5.41) is 15.9. The maximum Gasteiger partial charge on any atom is 0.407 e. The molecule has 1 saturated heterocycles. The minimum atomic E-state index is -0.402. The lowest BCUT2D eigenvalue weighted by Gasteiger charge is -2.26. The Morgan fingerprint density at radius 2 is 2.21 bits per heavy atom. The highest BCUT2D eigenvalue weighted by Gasteiger charge is 2.27. The number of nitriles is 1. The van der Waals surface area contributed by atoms with Crippen LogP contribution in [-0.2, 0) is 27.1 Å². The van der Waals surface area contributed by atoms with Crippen molar-refractivity contribution in [3.63, 3.8) is 0 Å². The Balaban J connectivity index is 1.25. The third kappa shape index (κ3) is 6.47. The molecule has 0 spiro atoms. The zero-order valence-electron chi connectivity index (χ0n) is 18.9.